The maximum Gasteiger partial charge on any atom is 0.243 e. The van der Waals surface area contributed by atoms with Crippen LogP contribution in [-0.4, -0.2) is 40.4 Å². The van der Waals surface area contributed by atoms with E-state index in [2.05, 4.69) is 19.2 Å². The van der Waals surface area contributed by atoms with Crippen molar-refractivity contribution in [2.45, 2.75) is 70.2 Å². The zero-order valence-corrected chi connectivity index (χ0v) is 14.1. The zero-order chi connectivity index (χ0) is 15.2. The molecule has 0 aromatic carbocycles. The molecule has 2 aliphatic rings. The van der Waals surface area contributed by atoms with Crippen molar-refractivity contribution in [2.75, 3.05) is 12.3 Å². The molecule has 1 aliphatic heterocycles. The first kappa shape index (κ1) is 16.7. The monoisotopic (exact) mass is 312 g/mol. The maximum absolute atomic E-state index is 12.5. The van der Waals surface area contributed by atoms with E-state index in [1.807, 2.05) is 4.90 Å². The minimum absolute atomic E-state index is 0.0474. The normalized spacial score (nSPS) is 25.1. The molecule has 1 heterocycles. The smallest absolute Gasteiger partial charge is 0.243 e. The van der Waals surface area contributed by atoms with Crippen LogP contribution in [0.5, 0.6) is 0 Å². The van der Waals surface area contributed by atoms with Gasteiger partial charge in [0.2, 0.25) is 11.8 Å². The number of carbonyl (C=O) groups is 2. The number of carbonyl (C=O) groups excluding carboxylic acids is 2. The second-order valence-corrected chi connectivity index (χ2v) is 7.32. The Labute approximate surface area is 132 Å². The molecule has 1 aliphatic carbocycles. The van der Waals surface area contributed by atoms with Crippen LogP contribution in [0.2, 0.25) is 0 Å². The zero-order valence-electron chi connectivity index (χ0n) is 13.3. The lowest BCUT2D eigenvalue weighted by Crippen LogP contribution is -2.50. The molecule has 2 atom stereocenters. The van der Waals surface area contributed by atoms with Gasteiger partial charge in [-0.05, 0) is 25.7 Å². The van der Waals surface area contributed by atoms with Gasteiger partial charge < -0.3 is 10.2 Å². The summed E-state index contributed by atoms with van der Waals surface area (Å²) in [5, 5.41) is 3.22. The predicted molar refractivity (Wildman–Crippen MR) is 87.0 cm³/mol. The van der Waals surface area contributed by atoms with Gasteiger partial charge in [-0.1, -0.05) is 33.1 Å². The lowest BCUT2D eigenvalue weighted by Gasteiger charge is -2.28. The van der Waals surface area contributed by atoms with E-state index in [1.165, 1.54) is 0 Å². The first-order valence-corrected chi connectivity index (χ1v) is 9.45. The largest absolute Gasteiger partial charge is 0.354 e. The standard InChI is InChI=1S/C16H28N2O2S/c1-3-5-6-10-17-15(19)13-11-21-14(7-4-2)18(13)16(20)12-8-9-12/h12-14H,3-11H2,1-2H3,(H,17,19)/t13-,14-/m0/s1. The van der Waals surface area contributed by atoms with Crippen molar-refractivity contribution in [3.63, 3.8) is 0 Å². The molecular weight excluding hydrogens is 284 g/mol. The van der Waals surface area contributed by atoms with E-state index in [-0.39, 0.29) is 29.1 Å². The molecule has 4 nitrogen and oxygen atoms in total. The third-order valence-electron chi connectivity index (χ3n) is 4.19. The van der Waals surface area contributed by atoms with E-state index in [1.54, 1.807) is 11.8 Å². The van der Waals surface area contributed by atoms with Crippen LogP contribution < -0.4 is 5.32 Å². The molecular formula is C16H28N2O2S. The van der Waals surface area contributed by atoms with Gasteiger partial charge in [-0.3, -0.25) is 9.59 Å². The van der Waals surface area contributed by atoms with Crippen LogP contribution in [0.4, 0.5) is 0 Å². The maximum atomic E-state index is 12.5. The van der Waals surface area contributed by atoms with E-state index in [0.717, 1.165) is 57.2 Å². The molecule has 1 saturated heterocycles. The van der Waals surface area contributed by atoms with Crippen LogP contribution in [0.3, 0.4) is 0 Å². The summed E-state index contributed by atoms with van der Waals surface area (Å²) in [6.07, 6.45) is 7.37. The van der Waals surface area contributed by atoms with Gasteiger partial charge in [0.25, 0.3) is 0 Å². The van der Waals surface area contributed by atoms with Gasteiger partial charge in [0.15, 0.2) is 0 Å². The highest BCUT2D eigenvalue weighted by atomic mass is 32.2. The lowest BCUT2D eigenvalue weighted by molar-refractivity contribution is -0.140. The van der Waals surface area contributed by atoms with E-state index < -0.39 is 0 Å². The number of amides is 2. The molecule has 2 rings (SSSR count). The van der Waals surface area contributed by atoms with Gasteiger partial charge in [0, 0.05) is 18.2 Å². The minimum Gasteiger partial charge on any atom is -0.354 e. The average Bonchev–Trinajstić information content (AvgIpc) is 3.24. The van der Waals surface area contributed by atoms with Gasteiger partial charge in [0.05, 0.1) is 5.37 Å². The molecule has 5 heteroatoms. The summed E-state index contributed by atoms with van der Waals surface area (Å²) in [6.45, 7) is 5.02. The van der Waals surface area contributed by atoms with Crippen LogP contribution in [-0.2, 0) is 9.59 Å². The molecule has 0 spiro atoms. The fourth-order valence-electron chi connectivity index (χ4n) is 2.78. The summed E-state index contributed by atoms with van der Waals surface area (Å²) in [5.74, 6) is 1.21. The summed E-state index contributed by atoms with van der Waals surface area (Å²) in [6, 6.07) is -0.249. The second-order valence-electron chi connectivity index (χ2n) is 6.11. The van der Waals surface area contributed by atoms with Gasteiger partial charge in [-0.2, -0.15) is 0 Å². The molecule has 0 bridgehead atoms. The van der Waals surface area contributed by atoms with Gasteiger partial charge in [-0.25, -0.2) is 0 Å². The van der Waals surface area contributed by atoms with Crippen molar-refractivity contribution in [3.8, 4) is 0 Å². The van der Waals surface area contributed by atoms with Gasteiger partial charge >= 0.3 is 0 Å². The van der Waals surface area contributed by atoms with Crippen molar-refractivity contribution in [3.05, 3.63) is 0 Å². The Bertz CT molecular complexity index is 371. The van der Waals surface area contributed by atoms with Gasteiger partial charge in [0.1, 0.15) is 6.04 Å². The van der Waals surface area contributed by atoms with Crippen LogP contribution in [0, 0.1) is 5.92 Å². The molecule has 0 aromatic rings. The predicted octanol–water partition coefficient (Wildman–Crippen LogP) is 2.77. The van der Waals surface area contributed by atoms with E-state index >= 15 is 0 Å². The molecule has 0 unspecified atom stereocenters. The highest BCUT2D eigenvalue weighted by molar-refractivity contribution is 8.00. The van der Waals surface area contributed by atoms with Crippen molar-refractivity contribution >= 4 is 23.6 Å². The number of nitrogens with one attached hydrogen (secondary N) is 1. The Morgan fingerprint density at radius 2 is 1.95 bits per heavy atom. The number of unbranched alkanes of at least 4 members (excludes halogenated alkanes) is 2. The first-order valence-electron chi connectivity index (χ1n) is 8.40. The van der Waals surface area contributed by atoms with Crippen LogP contribution in [0.1, 0.15) is 58.8 Å². The number of rotatable bonds is 8. The Morgan fingerprint density at radius 1 is 1.19 bits per heavy atom. The Hall–Kier alpha value is -0.710. The molecule has 120 valence electrons. The van der Waals surface area contributed by atoms with E-state index in [0.29, 0.717) is 0 Å². The number of thioether (sulfide) groups is 1. The molecule has 0 radical (unpaired) electrons. The molecule has 21 heavy (non-hydrogen) atoms. The van der Waals surface area contributed by atoms with Crippen molar-refractivity contribution in [1.82, 2.24) is 10.2 Å². The third-order valence-corrected chi connectivity index (χ3v) is 5.55. The quantitative estimate of drug-likeness (QED) is 0.701. The highest BCUT2D eigenvalue weighted by Gasteiger charge is 2.45. The van der Waals surface area contributed by atoms with Gasteiger partial charge in [-0.15, -0.1) is 11.8 Å². The van der Waals surface area contributed by atoms with Crippen molar-refractivity contribution in [1.29, 1.82) is 0 Å². The summed E-state index contributed by atoms with van der Waals surface area (Å²) in [5.41, 5.74) is 0. The average molecular weight is 312 g/mol. The fourth-order valence-corrected chi connectivity index (χ4v) is 4.31. The molecule has 2 fully saturated rings. The number of nitrogens with zero attached hydrogens (tertiary/aromatic N) is 1. The SMILES string of the molecule is CCCCCNC(=O)[C@@H]1CS[C@@H](CCC)N1C(=O)C1CC1. The number of hydrogen-bond donors (Lipinski definition) is 1. The van der Waals surface area contributed by atoms with E-state index in [9.17, 15) is 9.59 Å². The topological polar surface area (TPSA) is 49.4 Å². The highest BCUT2D eigenvalue weighted by Crippen LogP contribution is 2.39. The molecule has 0 aromatic heterocycles. The fraction of sp³-hybridized carbons (Fsp3) is 0.875. The van der Waals surface area contributed by atoms with Crippen molar-refractivity contribution < 1.29 is 9.59 Å². The molecule has 1 N–H and O–H groups in total. The van der Waals surface area contributed by atoms with Crippen LogP contribution in [0.25, 0.3) is 0 Å². The Kier molecular flexibility index (Phi) is 6.40. The Morgan fingerprint density at radius 3 is 2.57 bits per heavy atom. The van der Waals surface area contributed by atoms with E-state index in [4.69, 9.17) is 0 Å². The third kappa shape index (κ3) is 4.38. The van der Waals surface area contributed by atoms with Crippen LogP contribution in [0.15, 0.2) is 0 Å². The Balaban J connectivity index is 1.92. The second kappa shape index (κ2) is 8.06. The summed E-state index contributed by atoms with van der Waals surface area (Å²) in [4.78, 5) is 26.8. The number of hydrogen-bond acceptors (Lipinski definition) is 3. The lowest BCUT2D eigenvalue weighted by atomic mass is 10.2. The summed E-state index contributed by atoms with van der Waals surface area (Å²) in [7, 11) is 0. The van der Waals surface area contributed by atoms with Crippen molar-refractivity contribution in [2.24, 2.45) is 5.92 Å². The molecule has 1 saturated carbocycles. The summed E-state index contributed by atoms with van der Waals surface area (Å²) < 4.78 is 0. The molecule has 2 amide bonds. The summed E-state index contributed by atoms with van der Waals surface area (Å²) >= 11 is 1.77. The minimum atomic E-state index is -0.249. The van der Waals surface area contributed by atoms with Crippen LogP contribution >= 0.6 is 11.8 Å². The first-order chi connectivity index (χ1) is 10.2.